The lowest BCUT2D eigenvalue weighted by Gasteiger charge is -2.24. The van der Waals surface area contributed by atoms with Crippen LogP contribution in [0.1, 0.15) is 28.4 Å². The van der Waals surface area contributed by atoms with Gasteiger partial charge in [0.1, 0.15) is 17.6 Å². The van der Waals surface area contributed by atoms with E-state index in [1.54, 1.807) is 19.1 Å². The van der Waals surface area contributed by atoms with Crippen LogP contribution >= 0.6 is 0 Å². The molecule has 1 aliphatic carbocycles. The van der Waals surface area contributed by atoms with Crippen molar-refractivity contribution in [3.8, 4) is 11.5 Å². The van der Waals surface area contributed by atoms with Crippen molar-refractivity contribution in [3.63, 3.8) is 0 Å². The van der Waals surface area contributed by atoms with Crippen LogP contribution in [-0.2, 0) is 9.53 Å². The van der Waals surface area contributed by atoms with Crippen molar-refractivity contribution in [2.45, 2.75) is 13.0 Å². The number of ether oxygens (including phenoxy) is 2. The first-order valence-corrected chi connectivity index (χ1v) is 6.27. The number of ketones is 2. The summed E-state index contributed by atoms with van der Waals surface area (Å²) < 4.78 is 10.3. The molecule has 3 rings (SSSR count). The molecular weight excluding hydrogens is 276 g/mol. The Morgan fingerprint density at radius 3 is 2.62 bits per heavy atom. The Hall–Kier alpha value is -2.76. The second-order valence-electron chi connectivity index (χ2n) is 4.78. The Morgan fingerprint density at radius 1 is 1.24 bits per heavy atom. The lowest BCUT2D eigenvalue weighted by atomic mass is 9.88. The zero-order chi connectivity index (χ0) is 15.3. The summed E-state index contributed by atoms with van der Waals surface area (Å²) in [6.45, 7) is 1.81. The molecule has 21 heavy (non-hydrogen) atoms. The molecular formula is C15H12O6. The molecule has 2 aliphatic rings. The number of hydrogen-bond acceptors (Lipinski definition) is 6. The Bertz CT molecular complexity index is 741. The Kier molecular flexibility index (Phi) is 2.76. The minimum absolute atomic E-state index is 0.0233. The van der Waals surface area contributed by atoms with Gasteiger partial charge in [0, 0.05) is 5.56 Å². The molecule has 0 saturated heterocycles. The average Bonchev–Trinajstić information content (AvgIpc) is 2.45. The van der Waals surface area contributed by atoms with E-state index in [2.05, 4.69) is 0 Å². The van der Waals surface area contributed by atoms with Crippen molar-refractivity contribution < 1.29 is 29.3 Å². The van der Waals surface area contributed by atoms with Crippen LogP contribution in [0, 0.1) is 0 Å². The second kappa shape index (κ2) is 4.37. The van der Waals surface area contributed by atoms with Gasteiger partial charge >= 0.3 is 0 Å². The topological polar surface area (TPSA) is 93.1 Å². The van der Waals surface area contributed by atoms with Gasteiger partial charge in [-0.05, 0) is 25.1 Å². The number of carbonyl (C=O) groups is 2. The summed E-state index contributed by atoms with van der Waals surface area (Å²) in [6, 6.07) is 1.42. The lowest BCUT2D eigenvalue weighted by Crippen LogP contribution is -2.26. The number of rotatable bonds is 1. The molecule has 1 aliphatic heterocycles. The summed E-state index contributed by atoms with van der Waals surface area (Å²) in [7, 11) is 1.18. The number of carbonyl (C=O) groups excluding carboxylic acids is 2. The summed E-state index contributed by atoms with van der Waals surface area (Å²) in [6.07, 6.45) is 3.12. The predicted molar refractivity (Wildman–Crippen MR) is 73.1 cm³/mol. The number of aliphatic hydroxyl groups excluding tert-OH is 1. The van der Waals surface area contributed by atoms with Crippen molar-refractivity contribution in [1.82, 2.24) is 0 Å². The van der Waals surface area contributed by atoms with Crippen molar-refractivity contribution in [1.29, 1.82) is 0 Å². The van der Waals surface area contributed by atoms with Crippen LogP contribution in [0.15, 0.2) is 17.9 Å². The van der Waals surface area contributed by atoms with E-state index in [9.17, 15) is 19.8 Å². The number of Topliss-reactive ketones (excluding diaryl/α,β-unsaturated/α-hetero) is 2. The number of aliphatic hydroxyl groups is 1. The minimum Gasteiger partial charge on any atom is -0.506 e. The maximum atomic E-state index is 12.1. The monoisotopic (exact) mass is 288 g/mol. The van der Waals surface area contributed by atoms with Crippen molar-refractivity contribution in [2.75, 3.05) is 7.11 Å². The molecule has 1 heterocycles. The van der Waals surface area contributed by atoms with Crippen LogP contribution in [0.3, 0.4) is 0 Å². The van der Waals surface area contributed by atoms with Gasteiger partial charge in [-0.25, -0.2) is 0 Å². The van der Waals surface area contributed by atoms with Crippen LogP contribution in [0.25, 0.3) is 11.8 Å². The number of phenols is 1. The van der Waals surface area contributed by atoms with Gasteiger partial charge in [-0.15, -0.1) is 0 Å². The van der Waals surface area contributed by atoms with Crippen LogP contribution in [-0.4, -0.2) is 35.0 Å². The number of phenolic OH excluding ortho intramolecular Hbond substituents is 1. The molecule has 0 saturated carbocycles. The van der Waals surface area contributed by atoms with Crippen molar-refractivity contribution in [2.24, 2.45) is 0 Å². The molecule has 0 spiro atoms. The lowest BCUT2D eigenvalue weighted by molar-refractivity contribution is -0.114. The Balaban J connectivity index is 2.33. The molecule has 0 amide bonds. The number of fused-ring (bicyclic) bond motifs is 2. The standard InChI is InChI=1S/C15H12O6/c1-6-3-4-7-9(21-6)5-8-10(11(7)16)13(18)14(19)15(20-2)12(8)17/h3-6,16-17H,1-2H3/t6-/m0/s1. The van der Waals surface area contributed by atoms with Gasteiger partial charge in [-0.1, -0.05) is 0 Å². The van der Waals surface area contributed by atoms with Gasteiger partial charge < -0.3 is 19.7 Å². The molecule has 2 N–H and O–H groups in total. The molecule has 108 valence electrons. The van der Waals surface area contributed by atoms with E-state index in [1.807, 2.05) is 0 Å². The summed E-state index contributed by atoms with van der Waals surface area (Å²) in [5, 5.41) is 20.4. The summed E-state index contributed by atoms with van der Waals surface area (Å²) in [5.74, 6) is -2.90. The first kappa shape index (κ1) is 13.2. The van der Waals surface area contributed by atoms with Crippen LogP contribution < -0.4 is 4.74 Å². The van der Waals surface area contributed by atoms with E-state index in [0.717, 1.165) is 0 Å². The fraction of sp³-hybridized carbons (Fsp3) is 0.200. The van der Waals surface area contributed by atoms with Crippen molar-refractivity contribution >= 4 is 23.4 Å². The molecule has 1 atom stereocenters. The maximum Gasteiger partial charge on any atom is 0.272 e. The van der Waals surface area contributed by atoms with Gasteiger partial charge in [-0.2, -0.15) is 0 Å². The highest BCUT2D eigenvalue weighted by Gasteiger charge is 2.38. The average molecular weight is 288 g/mol. The highest BCUT2D eigenvalue weighted by molar-refractivity contribution is 6.52. The van der Waals surface area contributed by atoms with Crippen LogP contribution in [0.5, 0.6) is 11.5 Å². The Labute approximate surface area is 119 Å². The third kappa shape index (κ3) is 1.72. The fourth-order valence-electron chi connectivity index (χ4n) is 2.44. The molecule has 0 radical (unpaired) electrons. The van der Waals surface area contributed by atoms with Gasteiger partial charge in [0.15, 0.2) is 5.76 Å². The molecule has 0 fully saturated rings. The van der Waals surface area contributed by atoms with Crippen molar-refractivity contribution in [3.05, 3.63) is 34.6 Å². The zero-order valence-electron chi connectivity index (χ0n) is 11.3. The third-order valence-electron chi connectivity index (χ3n) is 3.46. The van der Waals surface area contributed by atoms with E-state index >= 15 is 0 Å². The summed E-state index contributed by atoms with van der Waals surface area (Å²) in [5.41, 5.74) is 0.0942. The Morgan fingerprint density at radius 2 is 1.95 bits per heavy atom. The number of benzene rings is 1. The SMILES string of the molecule is COC1=C(O)c2cc3c(c(O)c2C(=O)C1=O)C=C[C@H](C)O3. The minimum atomic E-state index is -0.994. The highest BCUT2D eigenvalue weighted by atomic mass is 16.5. The van der Waals surface area contributed by atoms with E-state index < -0.39 is 23.1 Å². The summed E-state index contributed by atoms with van der Waals surface area (Å²) >= 11 is 0. The molecule has 6 heteroatoms. The maximum absolute atomic E-state index is 12.1. The molecule has 0 aromatic heterocycles. The number of allylic oxidation sites excluding steroid dienone is 1. The fourth-order valence-corrected chi connectivity index (χ4v) is 2.44. The van der Waals surface area contributed by atoms with E-state index in [4.69, 9.17) is 9.47 Å². The third-order valence-corrected chi connectivity index (χ3v) is 3.46. The zero-order valence-corrected chi connectivity index (χ0v) is 11.3. The van der Waals surface area contributed by atoms with Crippen LogP contribution in [0.2, 0.25) is 0 Å². The number of hydrogen-bond donors (Lipinski definition) is 2. The molecule has 0 bridgehead atoms. The first-order chi connectivity index (χ1) is 9.95. The summed E-state index contributed by atoms with van der Waals surface area (Å²) in [4.78, 5) is 24.0. The van der Waals surface area contributed by atoms with Gasteiger partial charge in [0.25, 0.3) is 5.78 Å². The molecule has 6 nitrogen and oxygen atoms in total. The largest absolute Gasteiger partial charge is 0.506 e. The number of aromatic hydroxyl groups is 1. The smallest absolute Gasteiger partial charge is 0.272 e. The molecule has 1 aromatic carbocycles. The predicted octanol–water partition coefficient (Wildman–Crippen LogP) is 1.82. The van der Waals surface area contributed by atoms with Gasteiger partial charge in [-0.3, -0.25) is 9.59 Å². The molecule has 0 unspecified atom stereocenters. The van der Waals surface area contributed by atoms with Gasteiger partial charge in [0.2, 0.25) is 11.5 Å². The highest BCUT2D eigenvalue weighted by Crippen LogP contribution is 2.42. The second-order valence-corrected chi connectivity index (χ2v) is 4.78. The van der Waals surface area contributed by atoms with Crippen LogP contribution in [0.4, 0.5) is 0 Å². The van der Waals surface area contributed by atoms with E-state index in [1.165, 1.54) is 13.2 Å². The number of methoxy groups -OCH3 is 1. The normalized spacial score (nSPS) is 20.0. The van der Waals surface area contributed by atoms with Gasteiger partial charge in [0.05, 0.1) is 18.2 Å². The van der Waals surface area contributed by atoms with E-state index in [-0.39, 0.29) is 23.0 Å². The van der Waals surface area contributed by atoms with E-state index in [0.29, 0.717) is 11.3 Å². The molecule has 1 aromatic rings. The quantitative estimate of drug-likeness (QED) is 0.766. The first-order valence-electron chi connectivity index (χ1n) is 6.27.